The lowest BCUT2D eigenvalue weighted by molar-refractivity contribution is -0.137. The van der Waals surface area contributed by atoms with Gasteiger partial charge in [0.15, 0.2) is 0 Å². The molecule has 0 aliphatic heterocycles. The van der Waals surface area contributed by atoms with Crippen LogP contribution in [-0.4, -0.2) is 41.6 Å². The Labute approximate surface area is 187 Å². The summed E-state index contributed by atoms with van der Waals surface area (Å²) in [5.41, 5.74) is 1.95. The highest BCUT2D eigenvalue weighted by atomic mass is 35.5. The van der Waals surface area contributed by atoms with Crippen molar-refractivity contribution < 1.29 is 9.59 Å². The van der Waals surface area contributed by atoms with E-state index in [1.54, 1.807) is 30.0 Å². The lowest BCUT2D eigenvalue weighted by atomic mass is 10.1. The molecule has 1 atom stereocenters. The van der Waals surface area contributed by atoms with Gasteiger partial charge in [-0.3, -0.25) is 9.59 Å². The summed E-state index contributed by atoms with van der Waals surface area (Å²) in [4.78, 5) is 26.9. The second-order valence-electron chi connectivity index (χ2n) is 6.59. The number of carbonyl (C=O) groups is 2. The maximum Gasteiger partial charge on any atom is 0.242 e. The van der Waals surface area contributed by atoms with Crippen LogP contribution in [0.2, 0.25) is 10.0 Å². The van der Waals surface area contributed by atoms with Crippen LogP contribution in [0.3, 0.4) is 0 Å². The Hall–Kier alpha value is -1.69. The molecule has 2 rings (SSSR count). The van der Waals surface area contributed by atoms with Gasteiger partial charge in [-0.2, -0.15) is 0 Å². The number of likely N-dealkylation sites (N-methyl/N-ethyl adjacent to an activating group) is 1. The highest BCUT2D eigenvalue weighted by Gasteiger charge is 2.25. The zero-order valence-electron chi connectivity index (χ0n) is 16.7. The molecular weight excluding hydrogens is 427 g/mol. The molecule has 0 bridgehead atoms. The van der Waals surface area contributed by atoms with Crippen LogP contribution in [0, 0.1) is 0 Å². The zero-order valence-corrected chi connectivity index (χ0v) is 19.0. The van der Waals surface area contributed by atoms with Gasteiger partial charge in [-0.15, -0.1) is 11.8 Å². The maximum atomic E-state index is 12.9. The molecule has 4 nitrogen and oxygen atoms in total. The fourth-order valence-electron chi connectivity index (χ4n) is 2.89. The molecule has 0 heterocycles. The van der Waals surface area contributed by atoms with Gasteiger partial charge < -0.3 is 10.2 Å². The molecule has 0 unspecified atom stereocenters. The fourth-order valence-corrected chi connectivity index (χ4v) is 4.53. The predicted molar refractivity (Wildman–Crippen MR) is 123 cm³/mol. The first-order chi connectivity index (χ1) is 13.9. The summed E-state index contributed by atoms with van der Waals surface area (Å²) in [6.07, 6.45) is 0.692. The molecule has 1 N–H and O–H groups in total. The molecular formula is C22H26Cl2N2O2S. The highest BCUT2D eigenvalue weighted by molar-refractivity contribution is 7.99. The zero-order chi connectivity index (χ0) is 21.2. The smallest absolute Gasteiger partial charge is 0.242 e. The van der Waals surface area contributed by atoms with Gasteiger partial charge in [0.2, 0.25) is 11.8 Å². The fraction of sp³-hybridized carbons (Fsp3) is 0.364. The van der Waals surface area contributed by atoms with Crippen molar-refractivity contribution in [3.63, 3.8) is 0 Å². The van der Waals surface area contributed by atoms with Gasteiger partial charge in [0.25, 0.3) is 0 Å². The number of benzene rings is 2. The van der Waals surface area contributed by atoms with E-state index in [2.05, 4.69) is 5.32 Å². The average Bonchev–Trinajstić information content (AvgIpc) is 2.71. The lowest BCUT2D eigenvalue weighted by Crippen LogP contribution is -2.49. The summed E-state index contributed by atoms with van der Waals surface area (Å²) in [5.74, 6) is 0.563. The third-order valence-electron chi connectivity index (χ3n) is 4.54. The monoisotopic (exact) mass is 452 g/mol. The van der Waals surface area contributed by atoms with Crippen LogP contribution in [0.25, 0.3) is 0 Å². The Morgan fingerprint density at radius 2 is 1.72 bits per heavy atom. The summed E-state index contributed by atoms with van der Waals surface area (Å²) >= 11 is 13.9. The van der Waals surface area contributed by atoms with Gasteiger partial charge in [0.05, 0.1) is 5.75 Å². The number of hydrogen-bond donors (Lipinski definition) is 1. The number of amides is 2. The quantitative estimate of drug-likeness (QED) is 0.561. The Kier molecular flexibility index (Phi) is 9.85. The van der Waals surface area contributed by atoms with Crippen molar-refractivity contribution in [1.29, 1.82) is 0 Å². The summed E-state index contributed by atoms with van der Waals surface area (Å²) < 4.78 is 0. The number of nitrogens with zero attached hydrogens (tertiary/aromatic N) is 1. The van der Waals surface area contributed by atoms with Crippen molar-refractivity contribution in [1.82, 2.24) is 10.2 Å². The van der Waals surface area contributed by atoms with Crippen molar-refractivity contribution in [2.24, 2.45) is 0 Å². The molecule has 2 aromatic carbocycles. The summed E-state index contributed by atoms with van der Waals surface area (Å²) in [5, 5.41) is 3.98. The van der Waals surface area contributed by atoms with Gasteiger partial charge in [0, 0.05) is 28.9 Å². The first-order valence-electron chi connectivity index (χ1n) is 9.55. The molecule has 29 heavy (non-hydrogen) atoms. The van der Waals surface area contributed by atoms with Gasteiger partial charge in [0.1, 0.15) is 6.04 Å². The molecule has 0 spiro atoms. The second kappa shape index (κ2) is 12.1. The second-order valence-corrected chi connectivity index (χ2v) is 8.39. The Balaban J connectivity index is 2.01. The van der Waals surface area contributed by atoms with Crippen LogP contribution in [0.4, 0.5) is 0 Å². The number of thioether (sulfide) groups is 1. The lowest BCUT2D eigenvalue weighted by Gasteiger charge is -2.28. The molecule has 0 saturated carbocycles. The Morgan fingerprint density at radius 1 is 1.07 bits per heavy atom. The van der Waals surface area contributed by atoms with Crippen molar-refractivity contribution in [2.75, 3.05) is 18.8 Å². The number of hydrogen-bond acceptors (Lipinski definition) is 3. The normalized spacial score (nSPS) is 11.7. The molecule has 156 valence electrons. The highest BCUT2D eigenvalue weighted by Crippen LogP contribution is 2.28. The maximum absolute atomic E-state index is 12.9. The number of rotatable bonds is 10. The molecule has 2 aromatic rings. The third-order valence-corrected chi connectivity index (χ3v) is 6.19. The van der Waals surface area contributed by atoms with Crippen LogP contribution in [0.15, 0.2) is 48.5 Å². The summed E-state index contributed by atoms with van der Waals surface area (Å²) in [6, 6.07) is 14.8. The largest absolute Gasteiger partial charge is 0.355 e. The first-order valence-corrected chi connectivity index (χ1v) is 11.5. The van der Waals surface area contributed by atoms with Crippen LogP contribution in [0.1, 0.15) is 25.0 Å². The van der Waals surface area contributed by atoms with E-state index in [9.17, 15) is 9.59 Å². The van der Waals surface area contributed by atoms with E-state index in [1.807, 2.05) is 37.3 Å². The predicted octanol–water partition coefficient (Wildman–Crippen LogP) is 4.82. The number of carbonyl (C=O) groups excluding carboxylic acids is 2. The van der Waals surface area contributed by atoms with Crippen LogP contribution < -0.4 is 5.32 Å². The van der Waals surface area contributed by atoms with E-state index in [-0.39, 0.29) is 17.6 Å². The van der Waals surface area contributed by atoms with Crippen LogP contribution in [0.5, 0.6) is 0 Å². The van der Waals surface area contributed by atoms with E-state index in [0.29, 0.717) is 35.3 Å². The van der Waals surface area contributed by atoms with Gasteiger partial charge in [-0.05, 0) is 43.5 Å². The molecule has 0 aromatic heterocycles. The van der Waals surface area contributed by atoms with E-state index < -0.39 is 6.04 Å². The molecule has 0 saturated heterocycles. The van der Waals surface area contributed by atoms with Gasteiger partial charge in [-0.1, -0.05) is 59.6 Å². The Bertz CT molecular complexity index is 797. The molecule has 7 heteroatoms. The van der Waals surface area contributed by atoms with Crippen LogP contribution >= 0.6 is 35.0 Å². The van der Waals surface area contributed by atoms with E-state index in [1.165, 1.54) is 11.8 Å². The molecule has 0 aliphatic carbocycles. The van der Waals surface area contributed by atoms with E-state index in [4.69, 9.17) is 23.2 Å². The van der Waals surface area contributed by atoms with Crippen molar-refractivity contribution in [3.8, 4) is 0 Å². The van der Waals surface area contributed by atoms with Gasteiger partial charge >= 0.3 is 0 Å². The average molecular weight is 453 g/mol. The molecule has 0 aliphatic rings. The first kappa shape index (κ1) is 23.6. The molecule has 2 amide bonds. The van der Waals surface area contributed by atoms with E-state index >= 15 is 0 Å². The molecule has 0 fully saturated rings. The minimum absolute atomic E-state index is 0.0761. The summed E-state index contributed by atoms with van der Waals surface area (Å²) in [7, 11) is 0. The SMILES string of the molecule is CCNC(=O)[C@@H](C)N(CCc1ccccc1)C(=O)CSCc1c(Cl)cccc1Cl. The number of nitrogens with one attached hydrogen (secondary N) is 1. The van der Waals surface area contributed by atoms with Crippen molar-refractivity contribution >= 4 is 46.8 Å². The topological polar surface area (TPSA) is 49.4 Å². The minimum atomic E-state index is -0.532. The standard InChI is InChI=1S/C22H26Cl2N2O2S/c1-3-25-22(28)16(2)26(13-12-17-8-5-4-6-9-17)21(27)15-29-14-18-19(23)10-7-11-20(18)24/h4-11,16H,3,12-15H2,1-2H3,(H,25,28)/t16-/m1/s1. The van der Waals surface area contributed by atoms with Crippen molar-refractivity contribution in [3.05, 3.63) is 69.7 Å². The number of halogens is 2. The minimum Gasteiger partial charge on any atom is -0.355 e. The summed E-state index contributed by atoms with van der Waals surface area (Å²) in [6.45, 7) is 4.64. The molecule has 0 radical (unpaired) electrons. The van der Waals surface area contributed by atoms with Crippen LogP contribution in [-0.2, 0) is 21.8 Å². The van der Waals surface area contributed by atoms with E-state index in [0.717, 1.165) is 11.1 Å². The van der Waals surface area contributed by atoms with Gasteiger partial charge in [-0.25, -0.2) is 0 Å². The van der Waals surface area contributed by atoms with Crippen molar-refractivity contribution in [2.45, 2.75) is 32.1 Å². The third kappa shape index (κ3) is 7.25. The Morgan fingerprint density at radius 3 is 2.34 bits per heavy atom.